The second-order valence-electron chi connectivity index (χ2n) is 15.1. The molecule has 4 rings (SSSR count). The third-order valence-corrected chi connectivity index (χ3v) is 10.7. The number of carbonyl (C=O) groups excluding carboxylic acids is 2. The lowest BCUT2D eigenvalue weighted by Crippen LogP contribution is -2.37. The zero-order chi connectivity index (χ0) is 33.9. The van der Waals surface area contributed by atoms with Gasteiger partial charge in [-0.15, -0.1) is 5.10 Å². The summed E-state index contributed by atoms with van der Waals surface area (Å²) in [6.45, 7) is 14.3. The van der Waals surface area contributed by atoms with Gasteiger partial charge in [0.25, 0.3) is 0 Å². The van der Waals surface area contributed by atoms with Crippen LogP contribution in [0.2, 0.25) is 0 Å². The van der Waals surface area contributed by atoms with Gasteiger partial charge in [-0.1, -0.05) is 32.4 Å². The third kappa shape index (κ3) is 11.7. The van der Waals surface area contributed by atoms with Gasteiger partial charge in [-0.2, -0.15) is 0 Å². The first-order chi connectivity index (χ1) is 22.5. The van der Waals surface area contributed by atoms with Gasteiger partial charge in [-0.25, -0.2) is 4.68 Å². The van der Waals surface area contributed by atoms with Crippen molar-refractivity contribution in [2.75, 3.05) is 33.5 Å². The van der Waals surface area contributed by atoms with Crippen LogP contribution in [0.25, 0.3) is 0 Å². The fourth-order valence-corrected chi connectivity index (χ4v) is 6.44. The number of rotatable bonds is 21. The highest BCUT2D eigenvalue weighted by atomic mass is 16.5. The average Bonchev–Trinajstić information content (AvgIpc) is 3.56. The van der Waals surface area contributed by atoms with E-state index in [0.29, 0.717) is 62.3 Å². The predicted octanol–water partition coefficient (Wildman–Crippen LogP) is 7.01. The zero-order valence-electron chi connectivity index (χ0n) is 29.9. The van der Waals surface area contributed by atoms with Gasteiger partial charge in [0.1, 0.15) is 5.75 Å². The molecule has 1 N–H and O–H groups in total. The van der Waals surface area contributed by atoms with Crippen molar-refractivity contribution in [1.29, 1.82) is 0 Å². The second-order valence-corrected chi connectivity index (χ2v) is 15.1. The Balaban J connectivity index is 1.10. The standard InChI is InChI=1S/C38H60N4O5/c1-7-37(2,3)21-25-45-24-10-12-36(44)47-27-32-30-17-19-33-34(20-18-31(30)32)42(41-40-33)23-9-8-11-35(43)28-13-15-29(16-14-28)46-26-22-38(4,5)39-6/h13-16,30-32,39H,7-12,17-27H2,1-6H3/t30-,31+,32-/m0/s1. The van der Waals surface area contributed by atoms with Crippen LogP contribution in [0.5, 0.6) is 5.75 Å². The maximum Gasteiger partial charge on any atom is 0.305 e. The number of hydrogen-bond acceptors (Lipinski definition) is 8. The van der Waals surface area contributed by atoms with E-state index in [-0.39, 0.29) is 17.3 Å². The summed E-state index contributed by atoms with van der Waals surface area (Å²) in [6, 6.07) is 7.51. The van der Waals surface area contributed by atoms with Crippen molar-refractivity contribution in [2.24, 2.45) is 23.2 Å². The van der Waals surface area contributed by atoms with Crippen LogP contribution in [0.1, 0.15) is 121 Å². The third-order valence-electron chi connectivity index (χ3n) is 10.7. The van der Waals surface area contributed by atoms with E-state index in [4.69, 9.17) is 14.2 Å². The van der Waals surface area contributed by atoms with E-state index in [2.05, 4.69) is 54.9 Å². The molecule has 0 unspecified atom stereocenters. The summed E-state index contributed by atoms with van der Waals surface area (Å²) < 4.78 is 19.3. The molecular formula is C38H60N4O5. The molecule has 1 saturated carbocycles. The van der Waals surface area contributed by atoms with E-state index >= 15 is 0 Å². The molecule has 0 radical (unpaired) electrons. The Morgan fingerprint density at radius 3 is 2.40 bits per heavy atom. The summed E-state index contributed by atoms with van der Waals surface area (Å²) in [5.41, 5.74) is 3.43. The number of ketones is 1. The smallest absolute Gasteiger partial charge is 0.305 e. The van der Waals surface area contributed by atoms with E-state index in [9.17, 15) is 9.59 Å². The highest BCUT2D eigenvalue weighted by molar-refractivity contribution is 5.96. The van der Waals surface area contributed by atoms with Crippen molar-refractivity contribution >= 4 is 11.8 Å². The van der Waals surface area contributed by atoms with E-state index in [1.807, 2.05) is 31.3 Å². The van der Waals surface area contributed by atoms with Crippen LogP contribution in [0, 0.1) is 23.2 Å². The van der Waals surface area contributed by atoms with Crippen molar-refractivity contribution in [3.63, 3.8) is 0 Å². The molecule has 9 heteroatoms. The molecule has 2 aliphatic rings. The van der Waals surface area contributed by atoms with Crippen LogP contribution in [0.3, 0.4) is 0 Å². The quantitative estimate of drug-likeness (QED) is 0.0873. The molecule has 9 nitrogen and oxygen atoms in total. The number of fused-ring (bicyclic) bond motifs is 2. The first-order valence-electron chi connectivity index (χ1n) is 18.1. The minimum atomic E-state index is -0.105. The minimum Gasteiger partial charge on any atom is -0.494 e. The summed E-state index contributed by atoms with van der Waals surface area (Å²) in [7, 11) is 1.96. The lowest BCUT2D eigenvalue weighted by atomic mass is 9.87. The molecule has 1 fully saturated rings. The summed E-state index contributed by atoms with van der Waals surface area (Å²) >= 11 is 0. The monoisotopic (exact) mass is 652 g/mol. The van der Waals surface area contributed by atoms with Gasteiger partial charge >= 0.3 is 5.97 Å². The Kier molecular flexibility index (Phi) is 13.8. The van der Waals surface area contributed by atoms with Gasteiger partial charge in [0.2, 0.25) is 0 Å². The number of nitrogens with zero attached hydrogens (tertiary/aromatic N) is 3. The van der Waals surface area contributed by atoms with E-state index in [1.54, 1.807) is 0 Å². The van der Waals surface area contributed by atoms with E-state index < -0.39 is 0 Å². The summed E-state index contributed by atoms with van der Waals surface area (Å²) in [5.74, 6) is 2.54. The van der Waals surface area contributed by atoms with Gasteiger partial charge in [0, 0.05) is 43.7 Å². The number of aryl methyl sites for hydroxylation is 2. The number of unbranched alkanes of at least 4 members (excludes halogenated alkanes) is 1. The number of aromatic nitrogens is 3. The summed E-state index contributed by atoms with van der Waals surface area (Å²) in [6.07, 6.45) is 10.5. The van der Waals surface area contributed by atoms with Crippen LogP contribution >= 0.6 is 0 Å². The Bertz CT molecular complexity index is 1270. The van der Waals surface area contributed by atoms with Crippen molar-refractivity contribution in [3.8, 4) is 5.75 Å². The Morgan fingerprint density at radius 2 is 1.68 bits per heavy atom. The molecule has 0 saturated heterocycles. The molecule has 0 bridgehead atoms. The van der Waals surface area contributed by atoms with Crippen molar-refractivity contribution in [2.45, 2.75) is 124 Å². The molecule has 0 aliphatic heterocycles. The lowest BCUT2D eigenvalue weighted by molar-refractivity contribution is -0.144. The minimum absolute atomic E-state index is 0.0308. The lowest BCUT2D eigenvalue weighted by Gasteiger charge is -2.23. The van der Waals surface area contributed by atoms with E-state index in [0.717, 1.165) is 87.9 Å². The molecule has 1 aromatic heterocycles. The predicted molar refractivity (Wildman–Crippen MR) is 185 cm³/mol. The molecular weight excluding hydrogens is 592 g/mol. The number of carbonyl (C=O) groups is 2. The number of benzene rings is 1. The molecule has 1 heterocycles. The second kappa shape index (κ2) is 17.6. The molecule has 1 aromatic carbocycles. The van der Waals surface area contributed by atoms with Gasteiger partial charge in [-0.3, -0.25) is 9.59 Å². The topological polar surface area (TPSA) is 105 Å². The fraction of sp³-hybridized carbons (Fsp3) is 0.737. The van der Waals surface area contributed by atoms with Gasteiger partial charge in [0.05, 0.1) is 24.6 Å². The van der Waals surface area contributed by atoms with Crippen LogP contribution in [0.4, 0.5) is 0 Å². The Labute approximate surface area is 282 Å². The molecule has 0 amide bonds. The van der Waals surface area contributed by atoms with Crippen LogP contribution in [0.15, 0.2) is 24.3 Å². The first-order valence-corrected chi connectivity index (χ1v) is 18.1. The van der Waals surface area contributed by atoms with Crippen LogP contribution in [-0.2, 0) is 33.7 Å². The fourth-order valence-electron chi connectivity index (χ4n) is 6.44. The summed E-state index contributed by atoms with van der Waals surface area (Å²) in [4.78, 5) is 25.1. The maximum atomic E-state index is 12.8. The van der Waals surface area contributed by atoms with Crippen molar-refractivity contribution in [3.05, 3.63) is 41.2 Å². The Morgan fingerprint density at radius 1 is 0.936 bits per heavy atom. The molecule has 3 atom stereocenters. The largest absolute Gasteiger partial charge is 0.494 e. The zero-order valence-corrected chi connectivity index (χ0v) is 29.9. The van der Waals surface area contributed by atoms with Crippen LogP contribution in [-0.4, -0.2) is 65.8 Å². The molecule has 2 aliphatic carbocycles. The molecule has 262 valence electrons. The number of esters is 1. The number of nitrogens with one attached hydrogen (secondary N) is 1. The van der Waals surface area contributed by atoms with Crippen LogP contribution < -0.4 is 10.1 Å². The SMILES string of the molecule is CCC(C)(C)CCOCCCC(=O)OC[C@@H]1[C@@H]2CCc3c(nnn3CCCCC(=O)c3ccc(OCCC(C)(C)NC)cc3)CC[C@@H]21. The van der Waals surface area contributed by atoms with E-state index in [1.165, 1.54) is 5.69 Å². The molecule has 2 aromatic rings. The van der Waals surface area contributed by atoms with Gasteiger partial charge in [-0.05, 0) is 126 Å². The van der Waals surface area contributed by atoms with Gasteiger partial charge in [0.15, 0.2) is 5.78 Å². The highest BCUT2D eigenvalue weighted by Crippen LogP contribution is 2.53. The van der Waals surface area contributed by atoms with Crippen molar-refractivity contribution < 1.29 is 23.8 Å². The number of ether oxygens (including phenoxy) is 3. The Hall–Kier alpha value is -2.78. The number of Topliss-reactive ketones (excluding diaryl/α,β-unsaturated/α-hetero) is 1. The number of hydrogen-bond donors (Lipinski definition) is 1. The maximum absolute atomic E-state index is 12.8. The van der Waals surface area contributed by atoms with Crippen molar-refractivity contribution in [1.82, 2.24) is 20.3 Å². The molecule has 0 spiro atoms. The normalized spacial score (nSPS) is 19.3. The highest BCUT2D eigenvalue weighted by Gasteiger charge is 2.50. The summed E-state index contributed by atoms with van der Waals surface area (Å²) in [5, 5.41) is 12.3. The average molecular weight is 653 g/mol. The molecule has 47 heavy (non-hydrogen) atoms. The van der Waals surface area contributed by atoms with Gasteiger partial charge < -0.3 is 19.5 Å². The first kappa shape index (κ1) is 37.0.